The Labute approximate surface area is 117 Å². The molecule has 1 nitrogen and oxygen atoms in total. The Hall–Kier alpha value is -1.48. The van der Waals surface area contributed by atoms with Crippen molar-refractivity contribution in [3.8, 4) is 0 Å². The number of thioether (sulfide) groups is 1. The molecule has 0 unspecified atom stereocenters. The number of rotatable bonds is 3. The number of hydrogen-bond donors (Lipinski definition) is 1. The first-order chi connectivity index (χ1) is 9.20. The van der Waals surface area contributed by atoms with E-state index in [4.69, 9.17) is 5.73 Å². The number of benzene rings is 2. The summed E-state index contributed by atoms with van der Waals surface area (Å²) in [5.74, 6) is -0.341. The molecule has 0 atom stereocenters. The van der Waals surface area contributed by atoms with Gasteiger partial charge in [0, 0.05) is 9.64 Å². The lowest BCUT2D eigenvalue weighted by atomic mass is 9.79. The SMILES string of the molecule is Nc1cc(SC2(c3ccccc3)CCC2)ccc1F. The normalized spacial score (nSPS) is 16.9. The fourth-order valence-electron chi connectivity index (χ4n) is 2.50. The average Bonchev–Trinajstić information content (AvgIpc) is 2.39. The van der Waals surface area contributed by atoms with Gasteiger partial charge in [0.2, 0.25) is 0 Å². The van der Waals surface area contributed by atoms with Crippen LogP contribution in [0.1, 0.15) is 24.8 Å². The van der Waals surface area contributed by atoms with Gasteiger partial charge < -0.3 is 5.73 Å². The first kappa shape index (κ1) is 12.5. The van der Waals surface area contributed by atoms with Gasteiger partial charge in [-0.1, -0.05) is 30.3 Å². The largest absolute Gasteiger partial charge is 0.396 e. The van der Waals surface area contributed by atoms with Crippen molar-refractivity contribution >= 4 is 17.4 Å². The van der Waals surface area contributed by atoms with Crippen molar-refractivity contribution in [2.45, 2.75) is 28.9 Å². The standard InChI is InChI=1S/C16H16FNS/c17-14-8-7-13(11-15(14)18)19-16(9-4-10-16)12-5-2-1-3-6-12/h1-3,5-8,11H,4,9-10,18H2. The molecule has 0 saturated heterocycles. The molecule has 1 fully saturated rings. The van der Waals surface area contributed by atoms with Crippen LogP contribution in [0.5, 0.6) is 0 Å². The topological polar surface area (TPSA) is 26.0 Å². The van der Waals surface area contributed by atoms with E-state index in [9.17, 15) is 4.39 Å². The molecule has 19 heavy (non-hydrogen) atoms. The van der Waals surface area contributed by atoms with Crippen molar-refractivity contribution in [3.05, 3.63) is 59.9 Å². The molecule has 0 bridgehead atoms. The van der Waals surface area contributed by atoms with Crippen molar-refractivity contribution in [1.29, 1.82) is 0 Å². The van der Waals surface area contributed by atoms with Crippen LogP contribution in [0.3, 0.4) is 0 Å². The fraction of sp³-hybridized carbons (Fsp3) is 0.250. The van der Waals surface area contributed by atoms with Gasteiger partial charge >= 0.3 is 0 Å². The van der Waals surface area contributed by atoms with Crippen LogP contribution in [0.4, 0.5) is 10.1 Å². The van der Waals surface area contributed by atoms with Crippen LogP contribution in [0.15, 0.2) is 53.4 Å². The van der Waals surface area contributed by atoms with E-state index in [0.29, 0.717) is 0 Å². The van der Waals surface area contributed by atoms with Gasteiger partial charge in [0.1, 0.15) is 5.82 Å². The van der Waals surface area contributed by atoms with Gasteiger partial charge in [-0.3, -0.25) is 0 Å². The molecule has 1 aliphatic rings. The molecular formula is C16H16FNS. The zero-order valence-corrected chi connectivity index (χ0v) is 11.4. The summed E-state index contributed by atoms with van der Waals surface area (Å²) in [6, 6.07) is 15.6. The van der Waals surface area contributed by atoms with Gasteiger partial charge in [-0.2, -0.15) is 0 Å². The Kier molecular flexibility index (Phi) is 3.23. The molecule has 0 heterocycles. The van der Waals surface area contributed by atoms with E-state index in [1.165, 1.54) is 30.9 Å². The molecule has 2 N–H and O–H groups in total. The zero-order chi connectivity index (χ0) is 13.3. The van der Waals surface area contributed by atoms with Gasteiger partial charge in [-0.05, 0) is 43.0 Å². The number of hydrogen-bond acceptors (Lipinski definition) is 2. The number of nitrogen functional groups attached to an aromatic ring is 1. The zero-order valence-electron chi connectivity index (χ0n) is 10.6. The highest BCUT2D eigenvalue weighted by Crippen LogP contribution is 2.55. The van der Waals surface area contributed by atoms with E-state index in [2.05, 4.69) is 24.3 Å². The van der Waals surface area contributed by atoms with Crippen LogP contribution in [-0.4, -0.2) is 0 Å². The summed E-state index contributed by atoms with van der Waals surface area (Å²) in [7, 11) is 0. The molecule has 0 aromatic heterocycles. The summed E-state index contributed by atoms with van der Waals surface area (Å²) in [5.41, 5.74) is 7.23. The summed E-state index contributed by atoms with van der Waals surface area (Å²) < 4.78 is 13.4. The predicted molar refractivity (Wildman–Crippen MR) is 78.6 cm³/mol. The maximum Gasteiger partial charge on any atom is 0.146 e. The maximum atomic E-state index is 13.2. The minimum Gasteiger partial charge on any atom is -0.396 e. The van der Waals surface area contributed by atoms with Crippen LogP contribution >= 0.6 is 11.8 Å². The summed E-state index contributed by atoms with van der Waals surface area (Å²) in [6.07, 6.45) is 3.58. The van der Waals surface area contributed by atoms with Crippen molar-refractivity contribution in [1.82, 2.24) is 0 Å². The van der Waals surface area contributed by atoms with Crippen LogP contribution in [0.2, 0.25) is 0 Å². The van der Waals surface area contributed by atoms with Crippen LogP contribution < -0.4 is 5.73 Å². The minimum atomic E-state index is -0.341. The van der Waals surface area contributed by atoms with Crippen molar-refractivity contribution in [2.75, 3.05) is 5.73 Å². The maximum absolute atomic E-state index is 13.2. The molecule has 0 amide bonds. The highest BCUT2D eigenvalue weighted by atomic mass is 32.2. The van der Waals surface area contributed by atoms with Gasteiger partial charge in [0.15, 0.2) is 0 Å². The molecular weight excluding hydrogens is 257 g/mol. The first-order valence-electron chi connectivity index (χ1n) is 6.49. The van der Waals surface area contributed by atoms with Crippen molar-refractivity contribution < 1.29 is 4.39 Å². The summed E-state index contributed by atoms with van der Waals surface area (Å²) >= 11 is 1.81. The minimum absolute atomic E-state index is 0.144. The average molecular weight is 273 g/mol. The van der Waals surface area contributed by atoms with Gasteiger partial charge in [-0.15, -0.1) is 11.8 Å². The summed E-state index contributed by atoms with van der Waals surface area (Å²) in [6.45, 7) is 0. The Bertz CT molecular complexity index is 579. The van der Waals surface area contributed by atoms with E-state index in [1.807, 2.05) is 23.9 Å². The fourth-order valence-corrected chi connectivity index (χ4v) is 4.02. The lowest BCUT2D eigenvalue weighted by Crippen LogP contribution is -2.30. The molecule has 1 saturated carbocycles. The molecule has 3 rings (SSSR count). The third-order valence-electron chi connectivity index (χ3n) is 3.74. The van der Waals surface area contributed by atoms with Crippen molar-refractivity contribution in [2.24, 2.45) is 0 Å². The predicted octanol–water partition coefficient (Wildman–Crippen LogP) is 4.58. The number of nitrogens with two attached hydrogens (primary N) is 1. The lowest BCUT2D eigenvalue weighted by Gasteiger charge is -2.42. The van der Waals surface area contributed by atoms with Crippen LogP contribution in [0, 0.1) is 5.82 Å². The summed E-state index contributed by atoms with van der Waals surface area (Å²) in [4.78, 5) is 1.04. The van der Waals surface area contributed by atoms with Gasteiger partial charge in [0.25, 0.3) is 0 Å². The molecule has 0 spiro atoms. The first-order valence-corrected chi connectivity index (χ1v) is 7.31. The summed E-state index contributed by atoms with van der Waals surface area (Å²) in [5, 5.41) is 0. The number of anilines is 1. The van der Waals surface area contributed by atoms with E-state index < -0.39 is 0 Å². The van der Waals surface area contributed by atoms with E-state index in [-0.39, 0.29) is 16.3 Å². The molecule has 3 heteroatoms. The number of halogens is 1. The molecule has 0 radical (unpaired) electrons. The molecule has 2 aromatic rings. The second kappa shape index (κ2) is 4.89. The van der Waals surface area contributed by atoms with Crippen molar-refractivity contribution in [3.63, 3.8) is 0 Å². The quantitative estimate of drug-likeness (QED) is 0.828. The third-order valence-corrected chi connectivity index (χ3v) is 5.27. The van der Waals surface area contributed by atoms with Crippen LogP contribution in [0.25, 0.3) is 0 Å². The Morgan fingerprint density at radius 2 is 1.79 bits per heavy atom. The second-order valence-corrected chi connectivity index (χ2v) is 6.46. The Balaban J connectivity index is 1.89. The van der Waals surface area contributed by atoms with E-state index >= 15 is 0 Å². The van der Waals surface area contributed by atoms with E-state index in [0.717, 1.165) is 4.90 Å². The molecule has 2 aromatic carbocycles. The third kappa shape index (κ3) is 2.35. The Morgan fingerprint density at radius 1 is 1.05 bits per heavy atom. The highest BCUT2D eigenvalue weighted by Gasteiger charge is 2.39. The monoisotopic (exact) mass is 273 g/mol. The lowest BCUT2D eigenvalue weighted by molar-refractivity contribution is 0.373. The van der Waals surface area contributed by atoms with Crippen LogP contribution in [-0.2, 0) is 4.75 Å². The van der Waals surface area contributed by atoms with Gasteiger partial charge in [0.05, 0.1) is 5.69 Å². The Morgan fingerprint density at radius 3 is 2.37 bits per heavy atom. The highest BCUT2D eigenvalue weighted by molar-refractivity contribution is 8.00. The molecule has 98 valence electrons. The second-order valence-electron chi connectivity index (χ2n) is 5.00. The smallest absolute Gasteiger partial charge is 0.146 e. The van der Waals surface area contributed by atoms with Gasteiger partial charge in [-0.25, -0.2) is 4.39 Å². The molecule has 1 aliphatic carbocycles. The molecule has 0 aliphatic heterocycles. The van der Waals surface area contributed by atoms with E-state index in [1.54, 1.807) is 6.07 Å².